The summed E-state index contributed by atoms with van der Waals surface area (Å²) < 4.78 is 30.7. The number of piperidine rings is 1. The molecule has 2 heterocycles. The zero-order chi connectivity index (χ0) is 15.6. The van der Waals surface area contributed by atoms with Crippen LogP contribution in [0.5, 0.6) is 0 Å². The fraction of sp³-hybridized carbons (Fsp3) is 0.833. The smallest absolute Gasteiger partial charge is 0.407 e. The second kappa shape index (κ2) is 6.10. The summed E-state index contributed by atoms with van der Waals surface area (Å²) in [5.41, 5.74) is -0.859. The third-order valence-corrected chi connectivity index (χ3v) is 3.94. The third kappa shape index (κ3) is 3.79. The lowest BCUT2D eigenvalue weighted by Gasteiger charge is -2.48. The molecule has 120 valence electrons. The van der Waals surface area contributed by atoms with Gasteiger partial charge in [0.2, 0.25) is 0 Å². The monoisotopic (exact) mass is 308 g/mol. The summed E-state index contributed by atoms with van der Waals surface area (Å²) in [4.78, 5) is 24.6. The Morgan fingerprint density at radius 2 is 1.90 bits per heavy atom. The van der Waals surface area contributed by atoms with Gasteiger partial charge >= 0.3 is 12.1 Å². The molecule has 1 unspecified atom stereocenters. The molecule has 1 atom stereocenters. The van der Waals surface area contributed by atoms with E-state index in [1.807, 2.05) is 0 Å². The van der Waals surface area contributed by atoms with E-state index < -0.39 is 36.7 Å². The van der Waals surface area contributed by atoms with E-state index in [0.29, 0.717) is 12.8 Å². The van der Waals surface area contributed by atoms with E-state index in [0.717, 1.165) is 0 Å². The highest BCUT2D eigenvalue weighted by atomic mass is 19.3. The highest BCUT2D eigenvalue weighted by Gasteiger charge is 2.46. The molecule has 0 aliphatic carbocycles. The molecule has 0 bridgehead atoms. The van der Waals surface area contributed by atoms with E-state index in [2.05, 4.69) is 0 Å². The van der Waals surface area contributed by atoms with Crippen LogP contribution in [-0.2, 0) is 9.53 Å². The van der Waals surface area contributed by atoms with Crippen molar-refractivity contribution in [2.24, 2.45) is 0 Å². The molecule has 7 nitrogen and oxygen atoms in total. The van der Waals surface area contributed by atoms with Crippen LogP contribution < -0.4 is 0 Å². The number of alkyl halides is 2. The molecule has 2 saturated heterocycles. The van der Waals surface area contributed by atoms with Crippen molar-refractivity contribution in [2.75, 3.05) is 32.7 Å². The van der Waals surface area contributed by atoms with Crippen molar-refractivity contribution >= 4 is 12.1 Å². The molecule has 2 rings (SSSR count). The van der Waals surface area contributed by atoms with E-state index in [1.54, 1.807) is 0 Å². The Hall–Kier alpha value is -1.48. The van der Waals surface area contributed by atoms with Crippen LogP contribution in [-0.4, -0.2) is 82.9 Å². The van der Waals surface area contributed by atoms with E-state index in [4.69, 9.17) is 14.9 Å². The summed E-state index contributed by atoms with van der Waals surface area (Å²) in [7, 11) is 0. The molecular weight excluding hydrogens is 290 g/mol. The molecule has 1 amide bonds. The van der Waals surface area contributed by atoms with Crippen LogP contribution in [0.25, 0.3) is 0 Å². The number of rotatable bonds is 3. The average molecular weight is 308 g/mol. The van der Waals surface area contributed by atoms with Crippen LogP contribution in [0.1, 0.15) is 12.8 Å². The number of carbonyl (C=O) groups is 2. The van der Waals surface area contributed by atoms with Gasteiger partial charge in [0.25, 0.3) is 6.43 Å². The number of hydrogen-bond donors (Lipinski definition) is 2. The standard InChI is InChI=1S/C12H18F2N2O5/c13-9(14)6-15-5-8(10(17)18)21-12(7-15)1-3-16(4-2-12)11(19)20/h8-9H,1-7H2,(H,17,18)(H,19,20). The Balaban J connectivity index is 2.07. The number of amides is 1. The zero-order valence-corrected chi connectivity index (χ0v) is 11.4. The van der Waals surface area contributed by atoms with Crippen molar-refractivity contribution in [1.29, 1.82) is 0 Å². The lowest BCUT2D eigenvalue weighted by Crippen LogP contribution is -2.62. The molecule has 21 heavy (non-hydrogen) atoms. The summed E-state index contributed by atoms with van der Waals surface area (Å²) in [5.74, 6) is -1.19. The number of morpholine rings is 1. The van der Waals surface area contributed by atoms with Crippen LogP contribution in [0.3, 0.4) is 0 Å². The summed E-state index contributed by atoms with van der Waals surface area (Å²) in [6, 6.07) is 0. The number of likely N-dealkylation sites (tertiary alicyclic amines) is 1. The van der Waals surface area contributed by atoms with E-state index in [1.165, 1.54) is 9.80 Å². The van der Waals surface area contributed by atoms with E-state index >= 15 is 0 Å². The third-order valence-electron chi connectivity index (χ3n) is 3.94. The fourth-order valence-electron chi connectivity index (χ4n) is 2.93. The number of aliphatic carboxylic acids is 1. The molecule has 0 aromatic heterocycles. The molecule has 2 aliphatic rings. The zero-order valence-electron chi connectivity index (χ0n) is 11.4. The van der Waals surface area contributed by atoms with Gasteiger partial charge in [0.05, 0.1) is 12.1 Å². The van der Waals surface area contributed by atoms with Gasteiger partial charge in [-0.2, -0.15) is 0 Å². The Morgan fingerprint density at radius 1 is 1.29 bits per heavy atom. The number of nitrogens with zero attached hydrogens (tertiary/aromatic N) is 2. The minimum Gasteiger partial charge on any atom is -0.479 e. The van der Waals surface area contributed by atoms with Gasteiger partial charge in [-0.25, -0.2) is 18.4 Å². The maximum atomic E-state index is 12.6. The van der Waals surface area contributed by atoms with Gasteiger partial charge in [0, 0.05) is 26.2 Å². The van der Waals surface area contributed by atoms with E-state index in [9.17, 15) is 18.4 Å². The predicted octanol–water partition coefficient (Wildman–Crippen LogP) is 0.549. The van der Waals surface area contributed by atoms with Crippen LogP contribution in [0.15, 0.2) is 0 Å². The van der Waals surface area contributed by atoms with Gasteiger partial charge < -0.3 is 19.8 Å². The molecule has 2 fully saturated rings. The SMILES string of the molecule is O=C(O)C1CN(CC(F)F)CC2(CCN(C(=O)O)CC2)O1. The molecule has 0 saturated carbocycles. The normalized spacial score (nSPS) is 26.2. The summed E-state index contributed by atoms with van der Waals surface area (Å²) >= 11 is 0. The van der Waals surface area contributed by atoms with Crippen molar-refractivity contribution in [1.82, 2.24) is 9.80 Å². The maximum absolute atomic E-state index is 12.6. The Labute approximate surface area is 120 Å². The van der Waals surface area contributed by atoms with E-state index in [-0.39, 0.29) is 26.2 Å². The number of halogens is 2. The van der Waals surface area contributed by atoms with Crippen LogP contribution >= 0.6 is 0 Å². The van der Waals surface area contributed by atoms with Gasteiger partial charge in [-0.1, -0.05) is 0 Å². The molecule has 1 spiro atoms. The Kier molecular flexibility index (Phi) is 4.62. The molecule has 2 aliphatic heterocycles. The lowest BCUT2D eigenvalue weighted by molar-refractivity contribution is -0.197. The molecule has 9 heteroatoms. The van der Waals surface area contributed by atoms with Crippen LogP contribution in [0.2, 0.25) is 0 Å². The number of carboxylic acid groups (broad SMARTS) is 2. The summed E-state index contributed by atoms with van der Waals surface area (Å²) in [6.45, 7) is 0.0462. The van der Waals surface area contributed by atoms with Crippen LogP contribution in [0, 0.1) is 0 Å². The highest BCUT2D eigenvalue weighted by molar-refractivity contribution is 5.72. The highest BCUT2D eigenvalue weighted by Crippen LogP contribution is 2.32. The Morgan fingerprint density at radius 3 is 2.38 bits per heavy atom. The minimum atomic E-state index is -2.55. The van der Waals surface area contributed by atoms with Crippen molar-refractivity contribution in [3.05, 3.63) is 0 Å². The molecule has 0 aromatic rings. The number of carboxylic acids is 1. The average Bonchev–Trinajstić information content (AvgIpc) is 2.37. The molecule has 0 aromatic carbocycles. The second-order valence-corrected chi connectivity index (χ2v) is 5.48. The fourth-order valence-corrected chi connectivity index (χ4v) is 2.93. The van der Waals surface area contributed by atoms with Crippen molar-refractivity contribution in [2.45, 2.75) is 31.0 Å². The largest absolute Gasteiger partial charge is 0.479 e. The van der Waals surface area contributed by atoms with Gasteiger partial charge in [-0.15, -0.1) is 0 Å². The molecule has 2 N–H and O–H groups in total. The number of hydrogen-bond acceptors (Lipinski definition) is 4. The second-order valence-electron chi connectivity index (χ2n) is 5.48. The minimum absolute atomic E-state index is 0.0793. The van der Waals surface area contributed by atoms with Gasteiger partial charge in [-0.3, -0.25) is 4.90 Å². The van der Waals surface area contributed by atoms with Crippen molar-refractivity contribution in [3.63, 3.8) is 0 Å². The topological polar surface area (TPSA) is 90.3 Å². The van der Waals surface area contributed by atoms with Gasteiger partial charge in [-0.05, 0) is 12.8 Å². The predicted molar refractivity (Wildman–Crippen MR) is 66.5 cm³/mol. The quantitative estimate of drug-likeness (QED) is 0.791. The van der Waals surface area contributed by atoms with Crippen LogP contribution in [0.4, 0.5) is 13.6 Å². The lowest BCUT2D eigenvalue weighted by atomic mass is 9.88. The first-order valence-electron chi connectivity index (χ1n) is 6.70. The first-order chi connectivity index (χ1) is 9.81. The summed E-state index contributed by atoms with van der Waals surface area (Å²) in [6.07, 6.45) is -4.13. The van der Waals surface area contributed by atoms with Gasteiger partial charge in [0.15, 0.2) is 6.10 Å². The van der Waals surface area contributed by atoms with Crippen molar-refractivity contribution < 1.29 is 33.3 Å². The molecule has 0 radical (unpaired) electrons. The van der Waals surface area contributed by atoms with Gasteiger partial charge in [0.1, 0.15) is 0 Å². The summed E-state index contributed by atoms with van der Waals surface area (Å²) in [5, 5.41) is 18.0. The first kappa shape index (κ1) is 15.9. The first-order valence-corrected chi connectivity index (χ1v) is 6.70. The maximum Gasteiger partial charge on any atom is 0.407 e. The number of ether oxygens (including phenoxy) is 1. The Bertz CT molecular complexity index is 412. The molecular formula is C12H18F2N2O5. The van der Waals surface area contributed by atoms with Crippen molar-refractivity contribution in [3.8, 4) is 0 Å².